The Labute approximate surface area is 118 Å². The molecule has 2 heterocycles. The van der Waals surface area contributed by atoms with Gasteiger partial charge in [0.25, 0.3) is 0 Å². The Morgan fingerprint density at radius 3 is 2.63 bits per heavy atom. The molecule has 0 amide bonds. The van der Waals surface area contributed by atoms with E-state index in [0.29, 0.717) is 12.1 Å². The second-order valence-corrected chi connectivity index (χ2v) is 6.25. The molecule has 19 heavy (non-hydrogen) atoms. The van der Waals surface area contributed by atoms with E-state index < -0.39 is 0 Å². The van der Waals surface area contributed by atoms with Crippen molar-refractivity contribution in [1.29, 1.82) is 0 Å². The van der Waals surface area contributed by atoms with E-state index in [9.17, 15) is 0 Å². The first-order valence-electron chi connectivity index (χ1n) is 7.95. The maximum absolute atomic E-state index is 5.77. The van der Waals surface area contributed by atoms with Crippen LogP contribution in [0.1, 0.15) is 46.0 Å². The molecule has 0 aromatic carbocycles. The summed E-state index contributed by atoms with van der Waals surface area (Å²) in [6.45, 7) is 9.96. The van der Waals surface area contributed by atoms with Crippen molar-refractivity contribution in [3.05, 3.63) is 11.6 Å². The van der Waals surface area contributed by atoms with Crippen molar-refractivity contribution in [2.45, 2.75) is 58.1 Å². The van der Waals surface area contributed by atoms with Crippen LogP contribution in [0.2, 0.25) is 0 Å². The Morgan fingerprint density at radius 1 is 1.21 bits per heavy atom. The molecule has 2 rings (SSSR count). The van der Waals surface area contributed by atoms with Crippen molar-refractivity contribution in [2.24, 2.45) is 0 Å². The average molecular weight is 266 g/mol. The fraction of sp³-hybridized carbons (Fsp3) is 0.875. The van der Waals surface area contributed by atoms with Crippen LogP contribution in [0.5, 0.6) is 0 Å². The third-order valence-corrected chi connectivity index (χ3v) is 4.25. The molecule has 1 N–H and O–H groups in total. The van der Waals surface area contributed by atoms with Crippen LogP contribution in [0, 0.1) is 0 Å². The van der Waals surface area contributed by atoms with E-state index in [2.05, 4.69) is 30.1 Å². The molecule has 110 valence electrons. The van der Waals surface area contributed by atoms with Gasteiger partial charge in [-0.3, -0.25) is 4.90 Å². The molecule has 2 aliphatic rings. The molecule has 3 nitrogen and oxygen atoms in total. The Hall–Kier alpha value is -0.380. The zero-order chi connectivity index (χ0) is 13.5. The lowest BCUT2D eigenvalue weighted by atomic mass is 10.0. The highest BCUT2D eigenvalue weighted by atomic mass is 16.5. The normalized spacial score (nSPS) is 26.3. The van der Waals surface area contributed by atoms with Gasteiger partial charge in [0.1, 0.15) is 0 Å². The number of ether oxygens (including phenoxy) is 1. The van der Waals surface area contributed by atoms with Crippen molar-refractivity contribution >= 4 is 0 Å². The summed E-state index contributed by atoms with van der Waals surface area (Å²) in [6.07, 6.45) is 9.20. The van der Waals surface area contributed by atoms with Crippen molar-refractivity contribution < 1.29 is 4.74 Å². The zero-order valence-corrected chi connectivity index (χ0v) is 12.7. The lowest BCUT2D eigenvalue weighted by Crippen LogP contribution is -2.45. The topological polar surface area (TPSA) is 24.5 Å². The highest BCUT2D eigenvalue weighted by Gasteiger charge is 2.20. The standard InChI is InChI=1S/C16H30N2O/c1-14(2)6-9-18-10-7-15(8-11-18)17-13-16-5-3-4-12-19-16/h6,15-17H,3-5,7-13H2,1-2H3/t16-/m1/s1. The largest absolute Gasteiger partial charge is 0.377 e. The lowest BCUT2D eigenvalue weighted by molar-refractivity contribution is 0.0140. The van der Waals surface area contributed by atoms with Gasteiger partial charge in [-0.25, -0.2) is 0 Å². The van der Waals surface area contributed by atoms with Crippen LogP contribution in [0.4, 0.5) is 0 Å². The second-order valence-electron chi connectivity index (χ2n) is 6.25. The van der Waals surface area contributed by atoms with Crippen LogP contribution in [0.15, 0.2) is 11.6 Å². The Kier molecular flexibility index (Phi) is 6.35. The number of piperidine rings is 1. The quantitative estimate of drug-likeness (QED) is 0.774. The smallest absolute Gasteiger partial charge is 0.0699 e. The van der Waals surface area contributed by atoms with Crippen molar-refractivity contribution in [2.75, 3.05) is 32.8 Å². The first kappa shape index (κ1) is 15.0. The molecule has 3 heteroatoms. The van der Waals surface area contributed by atoms with Gasteiger partial charge < -0.3 is 10.1 Å². The number of hydrogen-bond donors (Lipinski definition) is 1. The van der Waals surface area contributed by atoms with Crippen LogP contribution in [-0.2, 0) is 4.74 Å². The number of likely N-dealkylation sites (tertiary alicyclic amines) is 1. The third-order valence-electron chi connectivity index (χ3n) is 4.25. The molecule has 0 bridgehead atoms. The molecule has 1 atom stereocenters. The van der Waals surface area contributed by atoms with Gasteiger partial charge in [0.05, 0.1) is 6.10 Å². The molecular weight excluding hydrogens is 236 g/mol. The van der Waals surface area contributed by atoms with E-state index in [1.165, 1.54) is 50.8 Å². The molecule has 2 fully saturated rings. The van der Waals surface area contributed by atoms with E-state index in [1.807, 2.05) is 0 Å². The van der Waals surface area contributed by atoms with E-state index in [-0.39, 0.29) is 0 Å². The van der Waals surface area contributed by atoms with Crippen LogP contribution >= 0.6 is 0 Å². The lowest BCUT2D eigenvalue weighted by Gasteiger charge is -2.33. The molecule has 2 aliphatic heterocycles. The van der Waals surface area contributed by atoms with E-state index in [4.69, 9.17) is 4.74 Å². The van der Waals surface area contributed by atoms with Crippen LogP contribution in [0.25, 0.3) is 0 Å². The number of nitrogens with one attached hydrogen (secondary N) is 1. The van der Waals surface area contributed by atoms with E-state index >= 15 is 0 Å². The van der Waals surface area contributed by atoms with Gasteiger partial charge in [-0.1, -0.05) is 11.6 Å². The summed E-state index contributed by atoms with van der Waals surface area (Å²) in [7, 11) is 0. The Balaban J connectivity index is 1.59. The third kappa shape index (κ3) is 5.64. The predicted octanol–water partition coefficient (Wildman–Crippen LogP) is 2.58. The van der Waals surface area contributed by atoms with Crippen molar-refractivity contribution in [3.8, 4) is 0 Å². The van der Waals surface area contributed by atoms with Gasteiger partial charge in [-0.05, 0) is 59.0 Å². The first-order valence-corrected chi connectivity index (χ1v) is 7.95. The number of allylic oxidation sites excluding steroid dienone is 1. The zero-order valence-electron chi connectivity index (χ0n) is 12.7. The molecule has 2 saturated heterocycles. The summed E-state index contributed by atoms with van der Waals surface area (Å²) < 4.78 is 5.77. The molecule has 0 radical (unpaired) electrons. The molecule has 0 saturated carbocycles. The number of hydrogen-bond acceptors (Lipinski definition) is 3. The summed E-state index contributed by atoms with van der Waals surface area (Å²) in [4.78, 5) is 2.56. The van der Waals surface area contributed by atoms with Crippen molar-refractivity contribution in [1.82, 2.24) is 10.2 Å². The summed E-state index contributed by atoms with van der Waals surface area (Å²) in [5.41, 5.74) is 1.43. The van der Waals surface area contributed by atoms with Gasteiger partial charge in [0.15, 0.2) is 0 Å². The SMILES string of the molecule is CC(C)=CCN1CCC(NC[C@H]2CCCCO2)CC1. The van der Waals surface area contributed by atoms with Crippen LogP contribution in [-0.4, -0.2) is 49.8 Å². The van der Waals surface area contributed by atoms with Crippen molar-refractivity contribution in [3.63, 3.8) is 0 Å². The average Bonchev–Trinajstić information content (AvgIpc) is 2.45. The summed E-state index contributed by atoms with van der Waals surface area (Å²) in [5, 5.41) is 3.71. The summed E-state index contributed by atoms with van der Waals surface area (Å²) in [6, 6.07) is 0.702. The number of rotatable bonds is 5. The van der Waals surface area contributed by atoms with Crippen LogP contribution in [0.3, 0.4) is 0 Å². The molecule has 0 aromatic heterocycles. The minimum absolute atomic E-state index is 0.470. The fourth-order valence-electron chi connectivity index (χ4n) is 2.90. The van der Waals surface area contributed by atoms with Gasteiger partial charge >= 0.3 is 0 Å². The van der Waals surface area contributed by atoms with E-state index in [0.717, 1.165) is 19.7 Å². The molecule has 0 unspecified atom stereocenters. The maximum atomic E-state index is 5.77. The van der Waals surface area contributed by atoms with Gasteiger partial charge in [0, 0.05) is 25.7 Å². The van der Waals surface area contributed by atoms with E-state index in [1.54, 1.807) is 0 Å². The van der Waals surface area contributed by atoms with Crippen LogP contribution < -0.4 is 5.32 Å². The Bertz CT molecular complexity index is 272. The highest BCUT2D eigenvalue weighted by molar-refractivity contribution is 4.95. The molecule has 0 spiro atoms. The first-order chi connectivity index (χ1) is 9.24. The van der Waals surface area contributed by atoms with Gasteiger partial charge in [-0.15, -0.1) is 0 Å². The highest BCUT2D eigenvalue weighted by Crippen LogP contribution is 2.14. The molecule has 0 aliphatic carbocycles. The number of nitrogens with zero attached hydrogens (tertiary/aromatic N) is 1. The summed E-state index contributed by atoms with van der Waals surface area (Å²) in [5.74, 6) is 0. The predicted molar refractivity (Wildman–Crippen MR) is 80.5 cm³/mol. The monoisotopic (exact) mass is 266 g/mol. The van der Waals surface area contributed by atoms with Gasteiger partial charge in [-0.2, -0.15) is 0 Å². The second kappa shape index (κ2) is 8.03. The summed E-state index contributed by atoms with van der Waals surface area (Å²) >= 11 is 0. The fourth-order valence-corrected chi connectivity index (χ4v) is 2.90. The minimum Gasteiger partial charge on any atom is -0.377 e. The molecular formula is C16H30N2O. The maximum Gasteiger partial charge on any atom is 0.0699 e. The van der Waals surface area contributed by atoms with Gasteiger partial charge in [0.2, 0.25) is 0 Å². The molecule has 0 aromatic rings. The Morgan fingerprint density at radius 2 is 2.00 bits per heavy atom. The minimum atomic E-state index is 0.470.